The molecule has 3 heterocycles. The fourth-order valence-corrected chi connectivity index (χ4v) is 4.90. The molecule has 5 aromatic rings. The maximum absolute atomic E-state index is 16.0. The molecule has 5 rings (SSSR count). The molecule has 10 heteroatoms. The van der Waals surface area contributed by atoms with E-state index in [2.05, 4.69) is 26.3 Å². The van der Waals surface area contributed by atoms with Gasteiger partial charge in [0.05, 0.1) is 51.2 Å². The van der Waals surface area contributed by atoms with Crippen LogP contribution in [0.25, 0.3) is 44.1 Å². The lowest BCUT2D eigenvalue weighted by Gasteiger charge is -2.16. The van der Waals surface area contributed by atoms with Crippen LogP contribution in [0.2, 0.25) is 5.02 Å². The van der Waals surface area contributed by atoms with Crippen LogP contribution in [-0.4, -0.2) is 31.6 Å². The minimum absolute atomic E-state index is 0.0813. The highest BCUT2D eigenvalue weighted by Gasteiger charge is 2.26. The van der Waals surface area contributed by atoms with Crippen LogP contribution in [0, 0.1) is 24.1 Å². The van der Waals surface area contributed by atoms with Crippen molar-refractivity contribution in [3.05, 3.63) is 68.6 Å². The molecule has 0 amide bonds. The van der Waals surface area contributed by atoms with E-state index in [0.29, 0.717) is 73.6 Å². The number of hydrogen-bond donors (Lipinski definition) is 1. The van der Waals surface area contributed by atoms with Gasteiger partial charge in [-0.2, -0.15) is 15.5 Å². The van der Waals surface area contributed by atoms with Crippen molar-refractivity contribution in [1.29, 1.82) is 5.26 Å². The van der Waals surface area contributed by atoms with Gasteiger partial charge < -0.3 is 4.74 Å². The third kappa shape index (κ3) is 3.81. The van der Waals surface area contributed by atoms with Gasteiger partial charge in [-0.25, -0.2) is 9.49 Å². The van der Waals surface area contributed by atoms with Gasteiger partial charge in [0, 0.05) is 29.6 Å². The van der Waals surface area contributed by atoms with Gasteiger partial charge in [0.25, 0.3) is 5.56 Å². The molecule has 0 aliphatic heterocycles. The minimum atomic E-state index is -0.559. The third-order valence-electron chi connectivity index (χ3n) is 6.46. The smallest absolute Gasteiger partial charge is 0.275 e. The average Bonchev–Trinajstić information content (AvgIpc) is 3.27. The summed E-state index contributed by atoms with van der Waals surface area (Å²) >= 11 is 6.11. The number of aromatic amines is 1. The Morgan fingerprint density at radius 3 is 2.70 bits per heavy atom. The summed E-state index contributed by atoms with van der Waals surface area (Å²) in [6, 6.07) is 7.30. The molecule has 0 unspecified atom stereocenters. The first-order chi connectivity index (χ1) is 17.8. The monoisotopic (exact) mass is 516 g/mol. The molecule has 186 valence electrons. The number of nitrogens with one attached hydrogen (secondary N) is 1. The predicted octanol–water partition coefficient (Wildman–Crippen LogP) is 5.47. The van der Waals surface area contributed by atoms with E-state index in [9.17, 15) is 10.1 Å². The van der Waals surface area contributed by atoms with Gasteiger partial charge in [-0.3, -0.25) is 14.5 Å². The Hall–Kier alpha value is -4.29. The number of aryl methyl sites for hydroxylation is 3. The van der Waals surface area contributed by atoms with E-state index in [1.54, 1.807) is 32.3 Å². The molecule has 3 aromatic heterocycles. The number of pyridine rings is 1. The number of nitrogens with zero attached hydrogens (tertiary/aromatic N) is 5. The van der Waals surface area contributed by atoms with Crippen LogP contribution >= 0.6 is 11.6 Å². The summed E-state index contributed by atoms with van der Waals surface area (Å²) in [4.78, 5) is 17.0. The fourth-order valence-electron chi connectivity index (χ4n) is 4.74. The Bertz CT molecular complexity index is 1820. The summed E-state index contributed by atoms with van der Waals surface area (Å²) in [6.45, 7) is 5.74. The zero-order valence-electron chi connectivity index (χ0n) is 20.6. The van der Waals surface area contributed by atoms with Crippen LogP contribution in [-0.2, 0) is 13.5 Å². The first-order valence-corrected chi connectivity index (χ1v) is 12.1. The van der Waals surface area contributed by atoms with Gasteiger partial charge in [-0.15, -0.1) is 0 Å². The van der Waals surface area contributed by atoms with Crippen LogP contribution in [0.3, 0.4) is 0 Å². The molecule has 0 saturated heterocycles. The molecule has 0 radical (unpaired) electrons. The third-order valence-corrected chi connectivity index (χ3v) is 6.67. The van der Waals surface area contributed by atoms with Crippen molar-refractivity contribution >= 4 is 33.3 Å². The van der Waals surface area contributed by atoms with E-state index in [1.807, 2.05) is 19.9 Å². The summed E-state index contributed by atoms with van der Waals surface area (Å²) in [7, 11) is 1.68. The molecule has 0 fully saturated rings. The summed E-state index contributed by atoms with van der Waals surface area (Å²) in [5, 5.41) is 23.1. The second-order valence-corrected chi connectivity index (χ2v) is 9.00. The molecule has 2 aromatic carbocycles. The van der Waals surface area contributed by atoms with E-state index < -0.39 is 5.82 Å². The predicted molar refractivity (Wildman–Crippen MR) is 140 cm³/mol. The standard InChI is InChI=1S/C27H22ClFN6O2/c1-5-20-17-7-14(8-21(37-6-2)22(17)27(36)34-33-20)19-12-32-35(4)26(19)23-18(10-30)25-16(13(3)24(23)29)9-15(28)11-31-25/h7-9,11-12H,5-6H2,1-4H3,(H,34,36). The molecule has 0 atom stereocenters. The Balaban J connectivity index is 1.88. The first-order valence-electron chi connectivity index (χ1n) is 11.7. The second-order valence-electron chi connectivity index (χ2n) is 8.56. The van der Waals surface area contributed by atoms with Crippen LogP contribution in [0.1, 0.15) is 30.7 Å². The number of ether oxygens (including phenoxy) is 1. The summed E-state index contributed by atoms with van der Waals surface area (Å²) in [5.41, 5.74) is 2.79. The van der Waals surface area contributed by atoms with E-state index in [-0.39, 0.29) is 16.7 Å². The molecule has 0 spiro atoms. The average molecular weight is 517 g/mol. The number of nitriles is 1. The number of halogens is 2. The summed E-state index contributed by atoms with van der Waals surface area (Å²) in [6.07, 6.45) is 3.62. The van der Waals surface area contributed by atoms with Crippen molar-refractivity contribution in [2.45, 2.75) is 27.2 Å². The molecule has 37 heavy (non-hydrogen) atoms. The molecule has 0 saturated carbocycles. The minimum Gasteiger partial charge on any atom is -0.493 e. The van der Waals surface area contributed by atoms with Crippen molar-refractivity contribution < 1.29 is 9.13 Å². The highest BCUT2D eigenvalue weighted by Crippen LogP contribution is 2.41. The van der Waals surface area contributed by atoms with Crippen molar-refractivity contribution in [1.82, 2.24) is 25.0 Å². The van der Waals surface area contributed by atoms with Gasteiger partial charge in [0.15, 0.2) is 0 Å². The molecular formula is C27H22ClFN6O2. The number of aromatic nitrogens is 5. The number of hydrogen-bond acceptors (Lipinski definition) is 6. The normalized spacial score (nSPS) is 11.3. The quantitative estimate of drug-likeness (QED) is 0.331. The number of rotatable bonds is 5. The lowest BCUT2D eigenvalue weighted by Crippen LogP contribution is -2.12. The van der Waals surface area contributed by atoms with Crippen LogP contribution < -0.4 is 10.3 Å². The zero-order chi connectivity index (χ0) is 26.4. The van der Waals surface area contributed by atoms with Gasteiger partial charge in [-0.1, -0.05) is 18.5 Å². The van der Waals surface area contributed by atoms with E-state index in [0.717, 1.165) is 0 Å². The molecule has 0 bridgehead atoms. The van der Waals surface area contributed by atoms with Crippen molar-refractivity contribution in [3.8, 4) is 34.2 Å². The Labute approximate surface area is 216 Å². The second kappa shape index (κ2) is 9.30. The molecular weight excluding hydrogens is 495 g/mol. The SMILES string of the molecule is CCOc1cc(-c2cnn(C)c2-c2c(F)c(C)c3cc(Cl)cnc3c2C#N)cc2c(CC)n[nH]c(=O)c12. The van der Waals surface area contributed by atoms with Gasteiger partial charge in [0.2, 0.25) is 0 Å². The Morgan fingerprint density at radius 1 is 1.22 bits per heavy atom. The fraction of sp³-hybridized carbons (Fsp3) is 0.222. The van der Waals surface area contributed by atoms with Crippen LogP contribution in [0.15, 0.2) is 35.4 Å². The van der Waals surface area contributed by atoms with Crippen molar-refractivity contribution in [3.63, 3.8) is 0 Å². The Morgan fingerprint density at radius 2 is 2.00 bits per heavy atom. The van der Waals surface area contributed by atoms with E-state index >= 15 is 4.39 Å². The lowest BCUT2D eigenvalue weighted by molar-refractivity contribution is 0.344. The van der Waals surface area contributed by atoms with Gasteiger partial charge >= 0.3 is 0 Å². The highest BCUT2D eigenvalue weighted by molar-refractivity contribution is 6.31. The Kier molecular flexibility index (Phi) is 6.13. The van der Waals surface area contributed by atoms with E-state index in [4.69, 9.17) is 16.3 Å². The lowest BCUT2D eigenvalue weighted by atomic mass is 9.92. The van der Waals surface area contributed by atoms with E-state index in [1.165, 1.54) is 10.9 Å². The van der Waals surface area contributed by atoms with Gasteiger partial charge in [-0.05, 0) is 49.6 Å². The molecule has 0 aliphatic carbocycles. The zero-order valence-corrected chi connectivity index (χ0v) is 21.4. The summed E-state index contributed by atoms with van der Waals surface area (Å²) < 4.78 is 23.4. The maximum Gasteiger partial charge on any atom is 0.275 e. The summed E-state index contributed by atoms with van der Waals surface area (Å²) in [5.74, 6) is -0.175. The van der Waals surface area contributed by atoms with Crippen LogP contribution in [0.4, 0.5) is 4.39 Å². The highest BCUT2D eigenvalue weighted by atomic mass is 35.5. The van der Waals surface area contributed by atoms with Crippen molar-refractivity contribution in [2.24, 2.45) is 7.05 Å². The maximum atomic E-state index is 16.0. The molecule has 0 aliphatic rings. The largest absolute Gasteiger partial charge is 0.493 e. The molecule has 8 nitrogen and oxygen atoms in total. The van der Waals surface area contributed by atoms with Crippen molar-refractivity contribution in [2.75, 3.05) is 6.61 Å². The topological polar surface area (TPSA) is 109 Å². The molecule has 1 N–H and O–H groups in total. The number of fused-ring (bicyclic) bond motifs is 2. The van der Waals surface area contributed by atoms with Gasteiger partial charge in [0.1, 0.15) is 17.6 Å². The van der Waals surface area contributed by atoms with Crippen LogP contribution in [0.5, 0.6) is 5.75 Å². The number of benzene rings is 2. The first kappa shape index (κ1) is 24.4. The number of H-pyrrole nitrogens is 1.